The summed E-state index contributed by atoms with van der Waals surface area (Å²) >= 11 is 0. The zero-order chi connectivity index (χ0) is 14.7. The van der Waals surface area contributed by atoms with E-state index in [0.29, 0.717) is 23.3 Å². The Labute approximate surface area is 122 Å². The van der Waals surface area contributed by atoms with Gasteiger partial charge in [-0.1, -0.05) is 12.1 Å². The van der Waals surface area contributed by atoms with Gasteiger partial charge < -0.3 is 15.4 Å². The van der Waals surface area contributed by atoms with Crippen molar-refractivity contribution in [2.75, 3.05) is 17.7 Å². The third-order valence-electron chi connectivity index (χ3n) is 3.17. The highest BCUT2D eigenvalue weighted by Crippen LogP contribution is 2.24. The molecule has 0 saturated heterocycles. The van der Waals surface area contributed by atoms with Crippen LogP contribution in [0, 0.1) is 0 Å². The van der Waals surface area contributed by atoms with E-state index in [2.05, 4.69) is 20.6 Å². The second-order valence-electron chi connectivity index (χ2n) is 4.86. The number of anilines is 2. The van der Waals surface area contributed by atoms with Gasteiger partial charge in [-0.2, -0.15) is 0 Å². The van der Waals surface area contributed by atoms with Crippen molar-refractivity contribution in [1.82, 2.24) is 9.97 Å². The maximum Gasteiger partial charge on any atom is 0.275 e. The lowest BCUT2D eigenvalue weighted by molar-refractivity contribution is 0.102. The summed E-state index contributed by atoms with van der Waals surface area (Å²) in [5.41, 5.74) is 0.870. The Morgan fingerprint density at radius 2 is 2.05 bits per heavy atom. The molecule has 0 radical (unpaired) electrons. The number of nitrogens with zero attached hydrogens (tertiary/aromatic N) is 2. The Balaban J connectivity index is 1.69. The van der Waals surface area contributed by atoms with Gasteiger partial charge in [0.1, 0.15) is 17.3 Å². The molecule has 1 fully saturated rings. The third-order valence-corrected chi connectivity index (χ3v) is 3.17. The molecule has 0 unspecified atom stereocenters. The number of nitrogens with one attached hydrogen (secondary N) is 2. The molecule has 6 heteroatoms. The lowest BCUT2D eigenvalue weighted by atomic mass is 10.3. The van der Waals surface area contributed by atoms with E-state index in [-0.39, 0.29) is 11.6 Å². The van der Waals surface area contributed by atoms with Crippen LogP contribution >= 0.6 is 0 Å². The topological polar surface area (TPSA) is 76.1 Å². The Morgan fingerprint density at radius 1 is 1.24 bits per heavy atom. The van der Waals surface area contributed by atoms with Crippen molar-refractivity contribution >= 4 is 17.4 Å². The van der Waals surface area contributed by atoms with Gasteiger partial charge in [-0.3, -0.25) is 4.79 Å². The number of hydrogen-bond donors (Lipinski definition) is 2. The summed E-state index contributed by atoms with van der Waals surface area (Å²) in [4.78, 5) is 20.5. The summed E-state index contributed by atoms with van der Waals surface area (Å²) in [6.45, 7) is 0. The zero-order valence-electron chi connectivity index (χ0n) is 11.7. The zero-order valence-corrected chi connectivity index (χ0v) is 11.7. The molecule has 0 spiro atoms. The van der Waals surface area contributed by atoms with Crippen LogP contribution in [0.25, 0.3) is 0 Å². The molecule has 1 amide bonds. The molecule has 108 valence electrons. The van der Waals surface area contributed by atoms with Gasteiger partial charge in [0.25, 0.3) is 5.91 Å². The molecule has 0 aliphatic heterocycles. The molecule has 0 bridgehead atoms. The third kappa shape index (κ3) is 3.28. The molecule has 1 aromatic heterocycles. The fourth-order valence-electron chi connectivity index (χ4n) is 1.89. The van der Waals surface area contributed by atoms with Crippen molar-refractivity contribution in [2.45, 2.75) is 18.9 Å². The van der Waals surface area contributed by atoms with Crippen LogP contribution in [0.15, 0.2) is 36.7 Å². The van der Waals surface area contributed by atoms with E-state index < -0.39 is 0 Å². The van der Waals surface area contributed by atoms with Crippen LogP contribution in [0.4, 0.5) is 11.5 Å². The molecule has 2 aromatic rings. The normalized spacial score (nSPS) is 13.6. The van der Waals surface area contributed by atoms with Crippen LogP contribution in [0.3, 0.4) is 0 Å². The van der Waals surface area contributed by atoms with E-state index in [9.17, 15) is 4.79 Å². The predicted octanol–water partition coefficient (Wildman–Crippen LogP) is 2.31. The Morgan fingerprint density at radius 3 is 2.71 bits per heavy atom. The van der Waals surface area contributed by atoms with Crippen LogP contribution < -0.4 is 15.4 Å². The van der Waals surface area contributed by atoms with Gasteiger partial charge >= 0.3 is 0 Å². The minimum Gasteiger partial charge on any atom is -0.495 e. The minimum absolute atomic E-state index is 0.266. The monoisotopic (exact) mass is 284 g/mol. The number of hydrogen-bond acceptors (Lipinski definition) is 5. The fourth-order valence-corrected chi connectivity index (χ4v) is 1.89. The van der Waals surface area contributed by atoms with E-state index in [4.69, 9.17) is 4.74 Å². The molecule has 3 rings (SSSR count). The van der Waals surface area contributed by atoms with Crippen molar-refractivity contribution in [2.24, 2.45) is 0 Å². The molecule has 2 N–H and O–H groups in total. The highest BCUT2D eigenvalue weighted by atomic mass is 16.5. The van der Waals surface area contributed by atoms with Gasteiger partial charge in [0.15, 0.2) is 0 Å². The maximum atomic E-state index is 12.1. The van der Waals surface area contributed by atoms with Gasteiger partial charge in [0.2, 0.25) is 0 Å². The SMILES string of the molecule is COc1ccccc1NC(=O)c1cnc(NC2CC2)cn1. The van der Waals surface area contributed by atoms with E-state index in [1.165, 1.54) is 6.20 Å². The van der Waals surface area contributed by atoms with E-state index in [0.717, 1.165) is 12.8 Å². The first-order chi connectivity index (χ1) is 10.3. The predicted molar refractivity (Wildman–Crippen MR) is 79.6 cm³/mol. The number of aromatic nitrogens is 2. The summed E-state index contributed by atoms with van der Waals surface area (Å²) < 4.78 is 5.19. The molecule has 1 saturated carbocycles. The molecule has 1 aromatic carbocycles. The average molecular weight is 284 g/mol. The smallest absolute Gasteiger partial charge is 0.275 e. The molecule has 21 heavy (non-hydrogen) atoms. The number of carbonyl (C=O) groups excluding carboxylic acids is 1. The number of carbonyl (C=O) groups is 1. The molecular formula is C15H16N4O2. The molecular weight excluding hydrogens is 268 g/mol. The van der Waals surface area contributed by atoms with Crippen molar-refractivity contribution in [3.8, 4) is 5.75 Å². The van der Waals surface area contributed by atoms with E-state index in [1.807, 2.05) is 12.1 Å². The highest BCUT2D eigenvalue weighted by Gasteiger charge is 2.21. The lowest BCUT2D eigenvalue weighted by Gasteiger charge is -2.09. The van der Waals surface area contributed by atoms with Crippen molar-refractivity contribution in [3.05, 3.63) is 42.4 Å². The summed E-state index contributed by atoms with van der Waals surface area (Å²) in [5.74, 6) is 0.988. The van der Waals surface area contributed by atoms with E-state index in [1.54, 1.807) is 25.4 Å². The van der Waals surface area contributed by atoms with Gasteiger partial charge in [0, 0.05) is 6.04 Å². The van der Waals surface area contributed by atoms with Gasteiger partial charge in [-0.05, 0) is 25.0 Å². The van der Waals surface area contributed by atoms with Crippen LogP contribution in [0.5, 0.6) is 5.75 Å². The average Bonchev–Trinajstić information content (AvgIpc) is 3.32. The quantitative estimate of drug-likeness (QED) is 0.881. The Hall–Kier alpha value is -2.63. The van der Waals surface area contributed by atoms with Crippen LogP contribution in [-0.2, 0) is 0 Å². The summed E-state index contributed by atoms with van der Waals surface area (Å²) in [6, 6.07) is 7.73. The van der Waals surface area contributed by atoms with Crippen molar-refractivity contribution in [1.29, 1.82) is 0 Å². The van der Waals surface area contributed by atoms with Gasteiger partial charge in [-0.15, -0.1) is 0 Å². The fraction of sp³-hybridized carbons (Fsp3) is 0.267. The first-order valence-corrected chi connectivity index (χ1v) is 6.79. The second kappa shape index (κ2) is 5.78. The molecule has 1 heterocycles. The number of benzene rings is 1. The van der Waals surface area contributed by atoms with Crippen LogP contribution in [-0.4, -0.2) is 29.0 Å². The largest absolute Gasteiger partial charge is 0.495 e. The second-order valence-corrected chi connectivity index (χ2v) is 4.86. The summed E-state index contributed by atoms with van der Waals surface area (Å²) in [5, 5.41) is 5.99. The van der Waals surface area contributed by atoms with Crippen molar-refractivity contribution in [3.63, 3.8) is 0 Å². The first-order valence-electron chi connectivity index (χ1n) is 6.79. The van der Waals surface area contributed by atoms with Crippen LogP contribution in [0.2, 0.25) is 0 Å². The number of para-hydroxylation sites is 2. The molecule has 1 aliphatic rings. The number of methoxy groups -OCH3 is 1. The van der Waals surface area contributed by atoms with Gasteiger partial charge in [-0.25, -0.2) is 9.97 Å². The molecule has 0 atom stereocenters. The molecule has 6 nitrogen and oxygen atoms in total. The Kier molecular flexibility index (Phi) is 3.68. The molecule has 1 aliphatic carbocycles. The van der Waals surface area contributed by atoms with Crippen molar-refractivity contribution < 1.29 is 9.53 Å². The number of amides is 1. The van der Waals surface area contributed by atoms with Crippen LogP contribution in [0.1, 0.15) is 23.3 Å². The highest BCUT2D eigenvalue weighted by molar-refractivity contribution is 6.03. The van der Waals surface area contributed by atoms with Gasteiger partial charge in [0.05, 0.1) is 25.2 Å². The first kappa shape index (κ1) is 13.4. The minimum atomic E-state index is -0.315. The number of ether oxygens (including phenoxy) is 1. The van der Waals surface area contributed by atoms with E-state index >= 15 is 0 Å². The maximum absolute atomic E-state index is 12.1. The number of rotatable bonds is 5. The summed E-state index contributed by atoms with van der Waals surface area (Å²) in [6.07, 6.45) is 5.38. The summed E-state index contributed by atoms with van der Waals surface area (Å²) in [7, 11) is 1.56. The standard InChI is InChI=1S/C15H16N4O2/c1-21-13-5-3-2-4-11(13)19-15(20)12-8-17-14(9-16-12)18-10-6-7-10/h2-5,8-10H,6-7H2,1H3,(H,17,18)(H,19,20). The lowest BCUT2D eigenvalue weighted by Crippen LogP contribution is -2.15. The Bertz CT molecular complexity index is 638.